The second-order valence-corrected chi connectivity index (χ2v) is 5.07. The predicted molar refractivity (Wildman–Crippen MR) is 90.7 cm³/mol. The van der Waals surface area contributed by atoms with Crippen LogP contribution in [0, 0.1) is 0 Å². The molecule has 4 heteroatoms. The zero-order valence-corrected chi connectivity index (χ0v) is 13.5. The molecule has 0 aliphatic heterocycles. The van der Waals surface area contributed by atoms with Crippen LogP contribution >= 0.6 is 0 Å². The van der Waals surface area contributed by atoms with Gasteiger partial charge in [0.2, 0.25) is 0 Å². The molecule has 0 atom stereocenters. The highest BCUT2D eigenvalue weighted by molar-refractivity contribution is 5.95. The third-order valence-electron chi connectivity index (χ3n) is 3.35. The van der Waals surface area contributed by atoms with E-state index in [0.717, 1.165) is 17.7 Å². The van der Waals surface area contributed by atoms with Crippen molar-refractivity contribution < 1.29 is 14.3 Å². The Morgan fingerprint density at radius 3 is 2.57 bits per heavy atom. The molecule has 0 saturated carbocycles. The van der Waals surface area contributed by atoms with Crippen molar-refractivity contribution in [2.75, 3.05) is 19.8 Å². The number of hydrogen-bond acceptors (Lipinski definition) is 3. The molecule has 0 aliphatic rings. The number of rotatable bonds is 9. The molecule has 2 rings (SSSR count). The van der Waals surface area contributed by atoms with Crippen molar-refractivity contribution in [1.29, 1.82) is 0 Å². The van der Waals surface area contributed by atoms with E-state index in [1.165, 1.54) is 0 Å². The Hall–Kier alpha value is -2.33. The summed E-state index contributed by atoms with van der Waals surface area (Å²) in [6.45, 7) is 4.30. The van der Waals surface area contributed by atoms with Gasteiger partial charge >= 0.3 is 0 Å². The standard InChI is InChI=1S/C19H23NO3/c1-2-22-14-8-13-20-19(21)18-12-7-6-9-16(18)15-23-17-10-4-3-5-11-17/h3-7,9-12H,2,8,13-15H2,1H3,(H,20,21). The summed E-state index contributed by atoms with van der Waals surface area (Å²) >= 11 is 0. The SMILES string of the molecule is CCOCCCNC(=O)c1ccccc1COc1ccccc1. The van der Waals surface area contributed by atoms with Gasteiger partial charge in [-0.2, -0.15) is 0 Å². The molecule has 0 aromatic heterocycles. The Morgan fingerprint density at radius 2 is 1.78 bits per heavy atom. The highest BCUT2D eigenvalue weighted by atomic mass is 16.5. The van der Waals surface area contributed by atoms with Crippen molar-refractivity contribution in [3.8, 4) is 5.75 Å². The summed E-state index contributed by atoms with van der Waals surface area (Å²) < 4.78 is 11.0. The van der Waals surface area contributed by atoms with Gasteiger partial charge in [-0.1, -0.05) is 36.4 Å². The smallest absolute Gasteiger partial charge is 0.251 e. The van der Waals surface area contributed by atoms with Crippen LogP contribution in [0.15, 0.2) is 54.6 Å². The van der Waals surface area contributed by atoms with E-state index in [1.807, 2.05) is 61.5 Å². The number of carbonyl (C=O) groups excluding carboxylic acids is 1. The van der Waals surface area contributed by atoms with Gasteiger partial charge in [0.05, 0.1) is 0 Å². The minimum atomic E-state index is -0.0752. The number of para-hydroxylation sites is 1. The van der Waals surface area contributed by atoms with Crippen LogP contribution in [0.2, 0.25) is 0 Å². The van der Waals surface area contributed by atoms with Gasteiger partial charge in [-0.3, -0.25) is 4.79 Å². The maximum atomic E-state index is 12.3. The molecule has 1 N–H and O–H groups in total. The maximum Gasteiger partial charge on any atom is 0.251 e. The van der Waals surface area contributed by atoms with Crippen LogP contribution in [-0.2, 0) is 11.3 Å². The Kier molecular flexibility index (Phi) is 7.14. The lowest BCUT2D eigenvalue weighted by molar-refractivity contribution is 0.0941. The van der Waals surface area contributed by atoms with E-state index in [9.17, 15) is 4.79 Å². The largest absolute Gasteiger partial charge is 0.489 e. The number of nitrogens with one attached hydrogen (secondary N) is 1. The highest BCUT2D eigenvalue weighted by Crippen LogP contribution is 2.14. The van der Waals surface area contributed by atoms with Crippen molar-refractivity contribution >= 4 is 5.91 Å². The van der Waals surface area contributed by atoms with E-state index < -0.39 is 0 Å². The molecule has 23 heavy (non-hydrogen) atoms. The second-order valence-electron chi connectivity index (χ2n) is 5.07. The van der Waals surface area contributed by atoms with E-state index in [-0.39, 0.29) is 5.91 Å². The quantitative estimate of drug-likeness (QED) is 0.722. The fourth-order valence-corrected chi connectivity index (χ4v) is 2.16. The molecule has 122 valence electrons. The first-order chi connectivity index (χ1) is 11.3. The minimum Gasteiger partial charge on any atom is -0.489 e. The minimum absolute atomic E-state index is 0.0752. The average Bonchev–Trinajstić information content (AvgIpc) is 2.61. The molecule has 0 aliphatic carbocycles. The van der Waals surface area contributed by atoms with Gasteiger partial charge in [0, 0.05) is 30.9 Å². The van der Waals surface area contributed by atoms with Gasteiger partial charge in [0.25, 0.3) is 5.91 Å². The van der Waals surface area contributed by atoms with E-state index >= 15 is 0 Å². The van der Waals surface area contributed by atoms with E-state index in [0.29, 0.717) is 31.9 Å². The highest BCUT2D eigenvalue weighted by Gasteiger charge is 2.10. The topological polar surface area (TPSA) is 47.6 Å². The molecule has 0 heterocycles. The van der Waals surface area contributed by atoms with Crippen LogP contribution in [0.5, 0.6) is 5.75 Å². The molecule has 0 bridgehead atoms. The third-order valence-corrected chi connectivity index (χ3v) is 3.35. The lowest BCUT2D eigenvalue weighted by atomic mass is 10.1. The predicted octanol–water partition coefficient (Wildman–Crippen LogP) is 3.42. The normalized spacial score (nSPS) is 10.3. The number of ether oxygens (including phenoxy) is 2. The molecule has 0 fully saturated rings. The lowest BCUT2D eigenvalue weighted by Crippen LogP contribution is -2.26. The Bertz CT molecular complexity index is 599. The van der Waals surface area contributed by atoms with Gasteiger partial charge in [0.1, 0.15) is 12.4 Å². The van der Waals surface area contributed by atoms with Crippen LogP contribution < -0.4 is 10.1 Å². The second kappa shape index (κ2) is 9.64. The molecule has 0 spiro atoms. The maximum absolute atomic E-state index is 12.3. The summed E-state index contributed by atoms with van der Waals surface area (Å²) in [6, 6.07) is 17.1. The fourth-order valence-electron chi connectivity index (χ4n) is 2.16. The molecule has 0 unspecified atom stereocenters. The number of carbonyl (C=O) groups is 1. The lowest BCUT2D eigenvalue weighted by Gasteiger charge is -2.11. The third kappa shape index (κ3) is 5.75. The van der Waals surface area contributed by atoms with Gasteiger partial charge in [0.15, 0.2) is 0 Å². The van der Waals surface area contributed by atoms with Gasteiger partial charge in [-0.05, 0) is 31.5 Å². The summed E-state index contributed by atoms with van der Waals surface area (Å²) in [5, 5.41) is 2.92. The van der Waals surface area contributed by atoms with Crippen molar-refractivity contribution in [3.63, 3.8) is 0 Å². The molecule has 0 radical (unpaired) electrons. The summed E-state index contributed by atoms with van der Waals surface area (Å²) in [5.74, 6) is 0.716. The Labute approximate surface area is 137 Å². The van der Waals surface area contributed by atoms with E-state index in [2.05, 4.69) is 5.32 Å². The molecular weight excluding hydrogens is 290 g/mol. The van der Waals surface area contributed by atoms with Gasteiger partial charge < -0.3 is 14.8 Å². The van der Waals surface area contributed by atoms with Gasteiger partial charge in [-0.15, -0.1) is 0 Å². The number of benzene rings is 2. The van der Waals surface area contributed by atoms with Crippen molar-refractivity contribution in [1.82, 2.24) is 5.32 Å². The van der Waals surface area contributed by atoms with E-state index in [4.69, 9.17) is 9.47 Å². The number of hydrogen-bond donors (Lipinski definition) is 1. The molecule has 1 amide bonds. The molecule has 2 aromatic rings. The molecule has 2 aromatic carbocycles. The summed E-state index contributed by atoms with van der Waals surface area (Å²) in [5.41, 5.74) is 1.53. The number of amides is 1. The summed E-state index contributed by atoms with van der Waals surface area (Å²) in [7, 11) is 0. The van der Waals surface area contributed by atoms with Crippen LogP contribution in [0.4, 0.5) is 0 Å². The fraction of sp³-hybridized carbons (Fsp3) is 0.316. The first kappa shape index (κ1) is 17.0. The molecule has 4 nitrogen and oxygen atoms in total. The van der Waals surface area contributed by atoms with Crippen molar-refractivity contribution in [2.45, 2.75) is 20.0 Å². The molecular formula is C19H23NO3. The van der Waals surface area contributed by atoms with Crippen LogP contribution in [-0.4, -0.2) is 25.7 Å². The summed E-state index contributed by atoms with van der Waals surface area (Å²) in [6.07, 6.45) is 0.808. The van der Waals surface area contributed by atoms with Crippen molar-refractivity contribution in [2.24, 2.45) is 0 Å². The zero-order chi connectivity index (χ0) is 16.3. The van der Waals surface area contributed by atoms with Crippen LogP contribution in [0.25, 0.3) is 0 Å². The first-order valence-electron chi connectivity index (χ1n) is 7.93. The zero-order valence-electron chi connectivity index (χ0n) is 13.5. The Morgan fingerprint density at radius 1 is 1.04 bits per heavy atom. The monoisotopic (exact) mass is 313 g/mol. The summed E-state index contributed by atoms with van der Waals surface area (Å²) in [4.78, 5) is 12.3. The van der Waals surface area contributed by atoms with Gasteiger partial charge in [-0.25, -0.2) is 0 Å². The first-order valence-corrected chi connectivity index (χ1v) is 7.93. The van der Waals surface area contributed by atoms with E-state index in [1.54, 1.807) is 0 Å². The average molecular weight is 313 g/mol. The molecule has 0 saturated heterocycles. The van der Waals surface area contributed by atoms with Crippen molar-refractivity contribution in [3.05, 3.63) is 65.7 Å². The van der Waals surface area contributed by atoms with Crippen LogP contribution in [0.1, 0.15) is 29.3 Å². The Balaban J connectivity index is 1.90. The van der Waals surface area contributed by atoms with Crippen LogP contribution in [0.3, 0.4) is 0 Å².